The van der Waals surface area contributed by atoms with Gasteiger partial charge in [0.1, 0.15) is 5.94 Å². The van der Waals surface area contributed by atoms with Gasteiger partial charge in [-0.1, -0.05) is 0 Å². The Hall–Kier alpha value is -2.05. The van der Waals surface area contributed by atoms with E-state index in [1.165, 1.54) is 10.1 Å². The minimum absolute atomic E-state index is 0.0806. The van der Waals surface area contributed by atoms with Crippen LogP contribution in [-0.4, -0.2) is 36.9 Å². The Balaban J connectivity index is 2.61. The van der Waals surface area contributed by atoms with Crippen LogP contribution in [0.3, 0.4) is 0 Å². The van der Waals surface area contributed by atoms with E-state index in [2.05, 4.69) is 15.1 Å². The third-order valence-electron chi connectivity index (χ3n) is 2.16. The Kier molecular flexibility index (Phi) is 3.73. The number of hydrogen-bond donors (Lipinski definition) is 1. The minimum atomic E-state index is -0.0956. The van der Waals surface area contributed by atoms with Gasteiger partial charge in [-0.3, -0.25) is 0 Å². The highest BCUT2D eigenvalue weighted by molar-refractivity contribution is 8.02. The molecule has 2 rings (SSSR count). The summed E-state index contributed by atoms with van der Waals surface area (Å²) in [4.78, 5) is 18.5. The van der Waals surface area contributed by atoms with Crippen molar-refractivity contribution in [2.45, 2.75) is 25.1 Å². The van der Waals surface area contributed by atoms with Gasteiger partial charge in [0.2, 0.25) is 11.8 Å². The molecule has 0 fully saturated rings. The molecule has 19 heavy (non-hydrogen) atoms. The van der Waals surface area contributed by atoms with Crippen LogP contribution in [0.4, 0.5) is 0 Å². The first kappa shape index (κ1) is 13.4. The molecule has 0 bridgehead atoms. The number of aromatic nitrogens is 4. The van der Waals surface area contributed by atoms with Crippen LogP contribution in [0, 0.1) is 0 Å². The lowest BCUT2D eigenvalue weighted by Gasteiger charge is -2.09. The predicted octanol–water partition coefficient (Wildman–Crippen LogP) is 1.29. The zero-order valence-electron chi connectivity index (χ0n) is 10.6. The van der Waals surface area contributed by atoms with E-state index in [0.717, 1.165) is 11.8 Å². The molecule has 0 atom stereocenters. The van der Waals surface area contributed by atoms with Crippen molar-refractivity contribution in [2.75, 3.05) is 0 Å². The third-order valence-corrected chi connectivity index (χ3v) is 2.77. The van der Waals surface area contributed by atoms with Crippen LogP contribution in [0.25, 0.3) is 11.0 Å². The van der Waals surface area contributed by atoms with Crippen molar-refractivity contribution >= 4 is 28.7 Å². The lowest BCUT2D eigenvalue weighted by molar-refractivity contribution is 0.233. The zero-order chi connectivity index (χ0) is 14.0. The molecule has 0 aromatic carbocycles. The van der Waals surface area contributed by atoms with Crippen molar-refractivity contribution in [1.29, 1.82) is 0 Å². The van der Waals surface area contributed by atoms with Gasteiger partial charge in [0.15, 0.2) is 16.2 Å². The summed E-state index contributed by atoms with van der Waals surface area (Å²) in [7, 11) is 1.59. The Morgan fingerprint density at radius 3 is 2.79 bits per heavy atom. The third kappa shape index (κ3) is 2.69. The Morgan fingerprint density at radius 1 is 1.42 bits per heavy atom. The molecule has 0 aliphatic heterocycles. The number of hydrogen-bond acceptors (Lipinski definition) is 7. The smallest absolute Gasteiger partial charge is 0.247 e. The second kappa shape index (κ2) is 5.29. The van der Waals surface area contributed by atoms with Crippen molar-refractivity contribution in [3.05, 3.63) is 5.41 Å². The Morgan fingerprint density at radius 2 is 2.16 bits per heavy atom. The van der Waals surface area contributed by atoms with Gasteiger partial charge in [0.25, 0.3) is 0 Å². The molecule has 1 N–H and O–H groups in total. The average molecular weight is 280 g/mol. The standard InChI is InChI=1S/C11H12N4O3S/c1-6(2)18-9-7-8(10(17)15(3)14-7)12-11(13-9)19-5-4-16/h5-6,17H,1-3H3. The van der Waals surface area contributed by atoms with E-state index in [4.69, 9.17) is 4.74 Å². The summed E-state index contributed by atoms with van der Waals surface area (Å²) in [6, 6.07) is 0. The molecule has 7 nitrogen and oxygen atoms in total. The first-order chi connectivity index (χ1) is 9.02. The van der Waals surface area contributed by atoms with Gasteiger partial charge in [-0.05, 0) is 25.6 Å². The molecule has 0 amide bonds. The molecule has 0 spiro atoms. The van der Waals surface area contributed by atoms with Gasteiger partial charge >= 0.3 is 0 Å². The number of rotatable bonds is 4. The van der Waals surface area contributed by atoms with Gasteiger partial charge in [-0.25, -0.2) is 14.5 Å². The molecule has 0 saturated carbocycles. The normalized spacial score (nSPS) is 10.7. The maximum absolute atomic E-state index is 10.2. The topological polar surface area (TPSA) is 90.1 Å². The van der Waals surface area contributed by atoms with Crippen LogP contribution in [0.1, 0.15) is 13.8 Å². The maximum atomic E-state index is 10.2. The van der Waals surface area contributed by atoms with Crippen LogP contribution in [0.2, 0.25) is 0 Å². The van der Waals surface area contributed by atoms with E-state index in [0.29, 0.717) is 5.52 Å². The Labute approximate surface area is 113 Å². The van der Waals surface area contributed by atoms with Crippen molar-refractivity contribution in [2.24, 2.45) is 7.05 Å². The molecular formula is C11H12N4O3S. The molecule has 2 aromatic rings. The lowest BCUT2D eigenvalue weighted by atomic mass is 10.4. The predicted molar refractivity (Wildman–Crippen MR) is 69.9 cm³/mol. The molecule has 0 aliphatic carbocycles. The molecule has 100 valence electrons. The van der Waals surface area contributed by atoms with Crippen molar-refractivity contribution in [3.8, 4) is 11.8 Å². The molecule has 8 heteroatoms. The number of aryl methyl sites for hydroxylation is 1. The number of thioether (sulfide) groups is 1. The van der Waals surface area contributed by atoms with Crippen molar-refractivity contribution < 1.29 is 14.6 Å². The molecule has 0 saturated heterocycles. The van der Waals surface area contributed by atoms with Gasteiger partial charge in [-0.15, -0.1) is 0 Å². The largest absolute Gasteiger partial charge is 0.492 e. The zero-order valence-corrected chi connectivity index (χ0v) is 11.4. The molecule has 2 heterocycles. The van der Waals surface area contributed by atoms with Gasteiger partial charge in [0.05, 0.1) is 11.5 Å². The van der Waals surface area contributed by atoms with Crippen molar-refractivity contribution in [3.63, 3.8) is 0 Å². The highest BCUT2D eigenvalue weighted by Crippen LogP contribution is 2.30. The SMILES string of the molecule is CC(C)Oc1nc(SC=C=O)nc2c(O)n(C)nc12. The fourth-order valence-electron chi connectivity index (χ4n) is 1.45. The lowest BCUT2D eigenvalue weighted by Crippen LogP contribution is -2.08. The average Bonchev–Trinajstić information content (AvgIpc) is 2.63. The first-order valence-corrected chi connectivity index (χ1v) is 6.37. The second-order valence-corrected chi connectivity index (χ2v) is 4.81. The number of carbonyl (C=O) groups excluding carboxylic acids is 1. The maximum Gasteiger partial charge on any atom is 0.247 e. The summed E-state index contributed by atoms with van der Waals surface area (Å²) in [5.74, 6) is 1.82. The summed E-state index contributed by atoms with van der Waals surface area (Å²) in [5.41, 5.74) is 0.670. The quantitative estimate of drug-likeness (QED) is 0.512. The molecule has 0 radical (unpaired) electrons. The van der Waals surface area contributed by atoms with Gasteiger partial charge in [0, 0.05) is 7.05 Å². The van der Waals surface area contributed by atoms with Crippen LogP contribution in [-0.2, 0) is 11.8 Å². The van der Waals surface area contributed by atoms with Crippen LogP contribution >= 0.6 is 11.8 Å². The first-order valence-electron chi connectivity index (χ1n) is 5.49. The minimum Gasteiger partial charge on any atom is -0.492 e. The van der Waals surface area contributed by atoms with Crippen LogP contribution in [0.15, 0.2) is 10.6 Å². The van der Waals surface area contributed by atoms with Crippen LogP contribution in [0.5, 0.6) is 11.8 Å². The fraction of sp³-hybridized carbons (Fsp3) is 0.364. The summed E-state index contributed by atoms with van der Waals surface area (Å²) in [6.07, 6.45) is -0.0956. The van der Waals surface area contributed by atoms with E-state index >= 15 is 0 Å². The monoisotopic (exact) mass is 280 g/mol. The molecule has 2 aromatic heterocycles. The van der Waals surface area contributed by atoms with Gasteiger partial charge in [-0.2, -0.15) is 10.1 Å². The highest BCUT2D eigenvalue weighted by Gasteiger charge is 2.18. The summed E-state index contributed by atoms with van der Waals surface area (Å²) >= 11 is 0.995. The van der Waals surface area contributed by atoms with E-state index in [1.54, 1.807) is 13.0 Å². The summed E-state index contributed by atoms with van der Waals surface area (Å²) in [6.45, 7) is 3.71. The summed E-state index contributed by atoms with van der Waals surface area (Å²) < 4.78 is 6.84. The van der Waals surface area contributed by atoms with Crippen LogP contribution < -0.4 is 4.74 Å². The van der Waals surface area contributed by atoms with E-state index in [9.17, 15) is 9.90 Å². The molecule has 0 aliphatic rings. The number of aromatic hydroxyl groups is 1. The second-order valence-electron chi connectivity index (χ2n) is 3.98. The van der Waals surface area contributed by atoms with E-state index in [1.807, 2.05) is 13.8 Å². The summed E-state index contributed by atoms with van der Waals surface area (Å²) in [5, 5.41) is 15.4. The number of ether oxygens (including phenoxy) is 1. The highest BCUT2D eigenvalue weighted by atomic mass is 32.2. The van der Waals surface area contributed by atoms with Gasteiger partial charge < -0.3 is 9.84 Å². The number of nitrogens with zero attached hydrogens (tertiary/aromatic N) is 4. The molecular weight excluding hydrogens is 268 g/mol. The van der Waals surface area contributed by atoms with Crippen molar-refractivity contribution in [1.82, 2.24) is 19.7 Å². The fourth-order valence-corrected chi connectivity index (χ4v) is 1.88. The Bertz CT molecular complexity index is 661. The van der Waals surface area contributed by atoms with E-state index in [-0.39, 0.29) is 28.5 Å². The van der Waals surface area contributed by atoms with E-state index < -0.39 is 0 Å². The molecule has 0 unspecified atom stereocenters. The number of fused-ring (bicyclic) bond motifs is 1.